The number of hydrogen-bond acceptors (Lipinski definition) is 4. The van der Waals surface area contributed by atoms with Crippen molar-refractivity contribution in [1.29, 1.82) is 0 Å². The minimum Gasteiger partial charge on any atom is -0.471 e. The Kier molecular flexibility index (Phi) is 5.98. The number of hydrogen-bond donors (Lipinski definition) is 0. The van der Waals surface area contributed by atoms with Gasteiger partial charge < -0.3 is 9.64 Å². The van der Waals surface area contributed by atoms with Crippen molar-refractivity contribution in [3.8, 4) is 5.75 Å². The van der Waals surface area contributed by atoms with E-state index in [1.54, 1.807) is 46.8 Å². The van der Waals surface area contributed by atoms with Crippen molar-refractivity contribution in [1.82, 2.24) is 24.5 Å². The predicted octanol–water partition coefficient (Wildman–Crippen LogP) is 3.88. The fourth-order valence-electron chi connectivity index (χ4n) is 2.85. The molecule has 0 atom stereocenters. The minimum absolute atomic E-state index is 0.0987. The van der Waals surface area contributed by atoms with Crippen LogP contribution in [0.1, 0.15) is 42.5 Å². The number of ether oxygens (including phenoxy) is 1. The summed E-state index contributed by atoms with van der Waals surface area (Å²) in [5.74, 6) is 0.555. The van der Waals surface area contributed by atoms with Gasteiger partial charge in [0, 0.05) is 20.3 Å². The van der Waals surface area contributed by atoms with E-state index < -0.39 is 0 Å². The Morgan fingerprint density at radius 2 is 1.90 bits per heavy atom. The molecule has 29 heavy (non-hydrogen) atoms. The second-order valence-corrected chi connectivity index (χ2v) is 8.42. The van der Waals surface area contributed by atoms with Crippen molar-refractivity contribution in [3.63, 3.8) is 0 Å². The van der Waals surface area contributed by atoms with Gasteiger partial charge >= 0.3 is 0 Å². The van der Waals surface area contributed by atoms with Crippen molar-refractivity contribution in [2.24, 2.45) is 7.05 Å². The molecule has 0 aliphatic rings. The molecule has 1 aromatic carbocycles. The van der Waals surface area contributed by atoms with E-state index in [9.17, 15) is 4.79 Å². The van der Waals surface area contributed by atoms with Crippen molar-refractivity contribution in [3.05, 3.63) is 64.7 Å². The Morgan fingerprint density at radius 1 is 1.21 bits per heavy atom. The normalized spacial score (nSPS) is 11.5. The van der Waals surface area contributed by atoms with Crippen LogP contribution in [0.2, 0.25) is 5.02 Å². The van der Waals surface area contributed by atoms with E-state index in [0.717, 1.165) is 11.4 Å². The average Bonchev–Trinajstić information content (AvgIpc) is 3.27. The summed E-state index contributed by atoms with van der Waals surface area (Å²) >= 11 is 6.12. The molecule has 0 spiro atoms. The van der Waals surface area contributed by atoms with Crippen LogP contribution in [0.3, 0.4) is 0 Å². The van der Waals surface area contributed by atoms with Crippen molar-refractivity contribution in [2.75, 3.05) is 7.05 Å². The Hall–Kier alpha value is -2.80. The van der Waals surface area contributed by atoms with E-state index >= 15 is 0 Å². The number of aromatic nitrogens is 4. The number of amides is 1. The quantitative estimate of drug-likeness (QED) is 0.612. The van der Waals surface area contributed by atoms with E-state index in [-0.39, 0.29) is 18.1 Å². The lowest BCUT2D eigenvalue weighted by atomic mass is 9.87. The predicted molar refractivity (Wildman–Crippen MR) is 112 cm³/mol. The molecule has 2 aromatic heterocycles. The Labute approximate surface area is 175 Å². The molecule has 3 aromatic rings. The maximum Gasteiger partial charge on any atom is 0.274 e. The van der Waals surface area contributed by atoms with Gasteiger partial charge in [-0.05, 0) is 29.2 Å². The Morgan fingerprint density at radius 3 is 2.48 bits per heavy atom. The smallest absolute Gasteiger partial charge is 0.274 e. The van der Waals surface area contributed by atoms with Crippen LogP contribution < -0.4 is 4.74 Å². The van der Waals surface area contributed by atoms with Crippen LogP contribution >= 0.6 is 11.6 Å². The number of nitrogens with zero attached hydrogens (tertiary/aromatic N) is 5. The molecule has 154 valence electrons. The van der Waals surface area contributed by atoms with Gasteiger partial charge in [0.25, 0.3) is 5.91 Å². The number of halogens is 1. The highest BCUT2D eigenvalue weighted by Crippen LogP contribution is 2.24. The van der Waals surface area contributed by atoms with Gasteiger partial charge in [0.1, 0.15) is 5.75 Å². The highest BCUT2D eigenvalue weighted by Gasteiger charge is 2.18. The molecule has 3 rings (SSSR count). The first kappa shape index (κ1) is 20.9. The highest BCUT2D eigenvalue weighted by atomic mass is 35.5. The molecular formula is C21H26ClN5O2. The van der Waals surface area contributed by atoms with Gasteiger partial charge in [-0.25, -0.2) is 4.68 Å². The van der Waals surface area contributed by atoms with Crippen LogP contribution in [0.25, 0.3) is 0 Å². The van der Waals surface area contributed by atoms with Gasteiger partial charge in [-0.3, -0.25) is 9.48 Å². The third-order valence-electron chi connectivity index (χ3n) is 4.69. The summed E-state index contributed by atoms with van der Waals surface area (Å²) in [5.41, 5.74) is 2.46. The van der Waals surface area contributed by atoms with Crippen LogP contribution in [0.4, 0.5) is 0 Å². The number of aryl methyl sites for hydroxylation is 1. The Bertz CT molecular complexity index is 966. The monoisotopic (exact) mass is 415 g/mol. The maximum atomic E-state index is 12.6. The third-order valence-corrected chi connectivity index (χ3v) is 5.00. The zero-order chi connectivity index (χ0) is 21.2. The summed E-state index contributed by atoms with van der Waals surface area (Å²) < 4.78 is 9.03. The SMILES string of the molecule is CN(Cc1c(Cl)cnn1C)C(=O)c1ccn(COc2ccc(C(C)(C)C)cc2)n1. The fraction of sp³-hybridized carbons (Fsp3) is 0.381. The third kappa shape index (κ3) is 4.98. The minimum atomic E-state index is -0.199. The van der Waals surface area contributed by atoms with E-state index in [1.165, 1.54) is 5.56 Å². The first-order chi connectivity index (χ1) is 13.6. The lowest BCUT2D eigenvalue weighted by Gasteiger charge is -2.19. The number of benzene rings is 1. The molecule has 0 unspecified atom stereocenters. The first-order valence-electron chi connectivity index (χ1n) is 9.34. The lowest BCUT2D eigenvalue weighted by Crippen LogP contribution is -2.28. The standard InChI is InChI=1S/C21H26ClN5O2/c1-21(2,3)15-6-8-16(9-7-15)29-14-27-11-10-18(24-27)20(28)25(4)13-19-17(22)12-23-26(19)5/h6-12H,13-14H2,1-5H3. The van der Waals surface area contributed by atoms with Crippen LogP contribution in [0, 0.1) is 0 Å². The summed E-state index contributed by atoms with van der Waals surface area (Å²) in [6.07, 6.45) is 3.29. The van der Waals surface area contributed by atoms with Crippen LogP contribution in [0.5, 0.6) is 5.75 Å². The first-order valence-corrected chi connectivity index (χ1v) is 9.71. The molecule has 0 saturated carbocycles. The molecule has 0 bridgehead atoms. The van der Waals surface area contributed by atoms with Gasteiger partial charge in [-0.2, -0.15) is 10.2 Å². The van der Waals surface area contributed by atoms with Crippen molar-refractivity contribution < 1.29 is 9.53 Å². The largest absolute Gasteiger partial charge is 0.471 e. The van der Waals surface area contributed by atoms with Crippen molar-refractivity contribution >= 4 is 17.5 Å². The van der Waals surface area contributed by atoms with Crippen LogP contribution in [-0.4, -0.2) is 37.4 Å². The molecule has 0 aliphatic carbocycles. The van der Waals surface area contributed by atoms with Gasteiger partial charge in [-0.1, -0.05) is 44.5 Å². The van der Waals surface area contributed by atoms with Gasteiger partial charge in [0.15, 0.2) is 12.4 Å². The van der Waals surface area contributed by atoms with E-state index in [0.29, 0.717) is 17.3 Å². The topological polar surface area (TPSA) is 65.2 Å². The zero-order valence-corrected chi connectivity index (χ0v) is 18.1. The highest BCUT2D eigenvalue weighted by molar-refractivity contribution is 6.31. The average molecular weight is 416 g/mol. The van der Waals surface area contributed by atoms with E-state index in [2.05, 4.69) is 43.1 Å². The summed E-state index contributed by atoms with van der Waals surface area (Å²) in [6.45, 7) is 7.08. The summed E-state index contributed by atoms with van der Waals surface area (Å²) in [7, 11) is 3.50. The maximum absolute atomic E-state index is 12.6. The summed E-state index contributed by atoms with van der Waals surface area (Å²) in [6, 6.07) is 9.69. The number of carbonyl (C=O) groups excluding carboxylic acids is 1. The molecule has 8 heteroatoms. The second-order valence-electron chi connectivity index (χ2n) is 8.01. The molecule has 0 N–H and O–H groups in total. The Balaban J connectivity index is 1.59. The van der Waals surface area contributed by atoms with E-state index in [4.69, 9.17) is 16.3 Å². The summed E-state index contributed by atoms with van der Waals surface area (Å²) in [4.78, 5) is 14.2. The molecule has 0 saturated heterocycles. The zero-order valence-electron chi connectivity index (χ0n) is 17.4. The molecule has 0 fully saturated rings. The molecule has 0 aliphatic heterocycles. The van der Waals surface area contributed by atoms with Crippen molar-refractivity contribution in [2.45, 2.75) is 39.5 Å². The van der Waals surface area contributed by atoms with Crippen LogP contribution in [0.15, 0.2) is 42.7 Å². The fourth-order valence-corrected chi connectivity index (χ4v) is 3.07. The van der Waals surface area contributed by atoms with Crippen LogP contribution in [-0.2, 0) is 25.7 Å². The van der Waals surface area contributed by atoms with Gasteiger partial charge in [0.05, 0.1) is 23.5 Å². The molecular weight excluding hydrogens is 390 g/mol. The van der Waals surface area contributed by atoms with E-state index in [1.807, 2.05) is 12.1 Å². The number of carbonyl (C=O) groups is 1. The number of rotatable bonds is 6. The summed E-state index contributed by atoms with van der Waals surface area (Å²) in [5, 5.41) is 8.94. The molecule has 1 amide bonds. The van der Waals surface area contributed by atoms with Gasteiger partial charge in [-0.15, -0.1) is 0 Å². The van der Waals surface area contributed by atoms with Gasteiger partial charge in [0.2, 0.25) is 0 Å². The lowest BCUT2D eigenvalue weighted by molar-refractivity contribution is 0.0774. The molecule has 7 nitrogen and oxygen atoms in total. The molecule has 2 heterocycles. The molecule has 0 radical (unpaired) electrons. The second kappa shape index (κ2) is 8.29.